The standard InChI is InChI=1S/C11H16BrNO2/c1-3-14-7-15-11-5-4-9(12)6-10(11)8(2)13/h4-6,8H,3,7,13H2,1-2H3/t8-/m0/s1. The van der Waals surface area contributed by atoms with Gasteiger partial charge in [-0.3, -0.25) is 0 Å². The summed E-state index contributed by atoms with van der Waals surface area (Å²) in [6.07, 6.45) is 0. The number of benzene rings is 1. The highest BCUT2D eigenvalue weighted by Gasteiger charge is 2.08. The van der Waals surface area contributed by atoms with Crippen LogP contribution in [0.1, 0.15) is 25.5 Å². The molecule has 1 rings (SSSR count). The summed E-state index contributed by atoms with van der Waals surface area (Å²) in [5.41, 5.74) is 6.82. The molecule has 84 valence electrons. The van der Waals surface area contributed by atoms with Gasteiger partial charge in [0.1, 0.15) is 5.75 Å². The molecule has 0 aliphatic rings. The highest BCUT2D eigenvalue weighted by Crippen LogP contribution is 2.27. The first-order chi connectivity index (χ1) is 7.15. The lowest BCUT2D eigenvalue weighted by Crippen LogP contribution is -2.10. The Balaban J connectivity index is 2.77. The molecular formula is C11H16BrNO2. The number of halogens is 1. The quantitative estimate of drug-likeness (QED) is 0.663. The van der Waals surface area contributed by atoms with Crippen LogP contribution in [0.5, 0.6) is 5.75 Å². The molecule has 0 amide bonds. The number of ether oxygens (including phenoxy) is 2. The molecule has 0 heterocycles. The van der Waals surface area contributed by atoms with Crippen molar-refractivity contribution in [3.63, 3.8) is 0 Å². The summed E-state index contributed by atoms with van der Waals surface area (Å²) < 4.78 is 11.6. The normalized spacial score (nSPS) is 12.5. The molecule has 0 aromatic heterocycles. The van der Waals surface area contributed by atoms with Crippen LogP contribution in [0.25, 0.3) is 0 Å². The summed E-state index contributed by atoms with van der Waals surface area (Å²) in [6, 6.07) is 5.72. The second-order valence-corrected chi connectivity index (χ2v) is 4.14. The lowest BCUT2D eigenvalue weighted by molar-refractivity contribution is 0.0217. The molecule has 4 heteroatoms. The fraction of sp³-hybridized carbons (Fsp3) is 0.455. The van der Waals surface area contributed by atoms with Gasteiger partial charge in [0, 0.05) is 22.7 Å². The van der Waals surface area contributed by atoms with Crippen LogP contribution >= 0.6 is 15.9 Å². The van der Waals surface area contributed by atoms with Gasteiger partial charge in [-0.15, -0.1) is 0 Å². The minimum Gasteiger partial charge on any atom is -0.467 e. The minimum atomic E-state index is -0.0564. The van der Waals surface area contributed by atoms with E-state index in [2.05, 4.69) is 15.9 Å². The van der Waals surface area contributed by atoms with Crippen LogP contribution in [0.15, 0.2) is 22.7 Å². The topological polar surface area (TPSA) is 44.5 Å². The van der Waals surface area contributed by atoms with Crippen molar-refractivity contribution in [2.24, 2.45) is 5.73 Å². The van der Waals surface area contributed by atoms with E-state index in [1.807, 2.05) is 32.0 Å². The molecule has 3 nitrogen and oxygen atoms in total. The second-order valence-electron chi connectivity index (χ2n) is 3.23. The summed E-state index contributed by atoms with van der Waals surface area (Å²) in [4.78, 5) is 0. The van der Waals surface area contributed by atoms with Gasteiger partial charge in [-0.1, -0.05) is 15.9 Å². The van der Waals surface area contributed by atoms with Crippen LogP contribution in [-0.4, -0.2) is 13.4 Å². The Kier molecular flexibility index (Phi) is 5.08. The Morgan fingerprint density at radius 1 is 1.47 bits per heavy atom. The van der Waals surface area contributed by atoms with E-state index in [9.17, 15) is 0 Å². The zero-order valence-corrected chi connectivity index (χ0v) is 10.6. The Hall–Kier alpha value is -0.580. The van der Waals surface area contributed by atoms with E-state index in [4.69, 9.17) is 15.2 Å². The van der Waals surface area contributed by atoms with E-state index in [-0.39, 0.29) is 12.8 Å². The lowest BCUT2D eigenvalue weighted by Gasteiger charge is -2.14. The van der Waals surface area contributed by atoms with Gasteiger partial charge in [0.25, 0.3) is 0 Å². The first-order valence-corrected chi connectivity index (χ1v) is 5.70. The van der Waals surface area contributed by atoms with E-state index < -0.39 is 0 Å². The Morgan fingerprint density at radius 2 is 2.20 bits per heavy atom. The van der Waals surface area contributed by atoms with Gasteiger partial charge in [-0.25, -0.2) is 0 Å². The second kappa shape index (κ2) is 6.10. The fourth-order valence-corrected chi connectivity index (χ4v) is 1.57. The molecule has 1 atom stereocenters. The largest absolute Gasteiger partial charge is 0.467 e. The molecule has 0 aliphatic heterocycles. The number of hydrogen-bond donors (Lipinski definition) is 1. The maximum Gasteiger partial charge on any atom is 0.189 e. The van der Waals surface area contributed by atoms with Crippen LogP contribution in [-0.2, 0) is 4.74 Å². The number of hydrogen-bond acceptors (Lipinski definition) is 3. The molecule has 0 bridgehead atoms. The molecule has 0 saturated carbocycles. The smallest absolute Gasteiger partial charge is 0.189 e. The summed E-state index contributed by atoms with van der Waals surface area (Å²) in [5, 5.41) is 0. The predicted octanol–water partition coefficient (Wildman–Crippen LogP) is 2.84. The molecule has 1 aromatic carbocycles. The van der Waals surface area contributed by atoms with Gasteiger partial charge in [0.2, 0.25) is 0 Å². The maximum atomic E-state index is 5.85. The van der Waals surface area contributed by atoms with Crippen molar-refractivity contribution in [2.45, 2.75) is 19.9 Å². The number of nitrogens with two attached hydrogens (primary N) is 1. The Labute approximate surface area is 98.7 Å². The van der Waals surface area contributed by atoms with E-state index >= 15 is 0 Å². The summed E-state index contributed by atoms with van der Waals surface area (Å²) in [5.74, 6) is 0.779. The first kappa shape index (κ1) is 12.5. The maximum absolute atomic E-state index is 5.85. The molecule has 0 radical (unpaired) electrons. The van der Waals surface area contributed by atoms with Gasteiger partial charge in [-0.2, -0.15) is 0 Å². The molecule has 2 N–H and O–H groups in total. The van der Waals surface area contributed by atoms with E-state index in [1.165, 1.54) is 0 Å². The molecule has 0 spiro atoms. The third kappa shape index (κ3) is 3.81. The van der Waals surface area contributed by atoms with E-state index in [0.29, 0.717) is 6.61 Å². The van der Waals surface area contributed by atoms with Crippen LogP contribution in [0.4, 0.5) is 0 Å². The van der Waals surface area contributed by atoms with Crippen molar-refractivity contribution in [2.75, 3.05) is 13.4 Å². The van der Waals surface area contributed by atoms with Crippen molar-refractivity contribution < 1.29 is 9.47 Å². The molecule has 0 aliphatic carbocycles. The van der Waals surface area contributed by atoms with Crippen molar-refractivity contribution in [1.82, 2.24) is 0 Å². The first-order valence-electron chi connectivity index (χ1n) is 4.90. The molecule has 0 fully saturated rings. The van der Waals surface area contributed by atoms with Crippen molar-refractivity contribution in [3.05, 3.63) is 28.2 Å². The zero-order valence-electron chi connectivity index (χ0n) is 9.00. The molecule has 0 unspecified atom stereocenters. The van der Waals surface area contributed by atoms with Crippen LogP contribution in [0.2, 0.25) is 0 Å². The van der Waals surface area contributed by atoms with Crippen molar-refractivity contribution in [3.8, 4) is 5.75 Å². The fourth-order valence-electron chi connectivity index (χ4n) is 1.20. The molecule has 15 heavy (non-hydrogen) atoms. The average Bonchev–Trinajstić information content (AvgIpc) is 2.20. The molecular weight excluding hydrogens is 258 g/mol. The zero-order chi connectivity index (χ0) is 11.3. The summed E-state index contributed by atoms with van der Waals surface area (Å²) in [7, 11) is 0. The highest BCUT2D eigenvalue weighted by molar-refractivity contribution is 9.10. The third-order valence-corrected chi connectivity index (χ3v) is 2.46. The summed E-state index contributed by atoms with van der Waals surface area (Å²) >= 11 is 3.40. The van der Waals surface area contributed by atoms with Gasteiger partial charge in [0.15, 0.2) is 6.79 Å². The average molecular weight is 274 g/mol. The van der Waals surface area contributed by atoms with Gasteiger partial charge < -0.3 is 15.2 Å². The highest BCUT2D eigenvalue weighted by atomic mass is 79.9. The summed E-state index contributed by atoms with van der Waals surface area (Å²) in [6.45, 7) is 4.76. The van der Waals surface area contributed by atoms with Crippen LogP contribution in [0, 0.1) is 0 Å². The minimum absolute atomic E-state index is 0.0564. The van der Waals surface area contributed by atoms with Gasteiger partial charge in [0.05, 0.1) is 0 Å². The lowest BCUT2D eigenvalue weighted by atomic mass is 10.1. The van der Waals surface area contributed by atoms with Crippen molar-refractivity contribution >= 4 is 15.9 Å². The van der Waals surface area contributed by atoms with Gasteiger partial charge >= 0.3 is 0 Å². The van der Waals surface area contributed by atoms with Crippen LogP contribution < -0.4 is 10.5 Å². The Morgan fingerprint density at radius 3 is 2.80 bits per heavy atom. The molecule has 0 saturated heterocycles. The monoisotopic (exact) mass is 273 g/mol. The molecule has 1 aromatic rings. The van der Waals surface area contributed by atoms with Crippen LogP contribution in [0.3, 0.4) is 0 Å². The van der Waals surface area contributed by atoms with Gasteiger partial charge in [-0.05, 0) is 32.0 Å². The van der Waals surface area contributed by atoms with E-state index in [0.717, 1.165) is 15.8 Å². The predicted molar refractivity (Wildman–Crippen MR) is 63.9 cm³/mol. The Bertz CT molecular complexity index is 315. The number of rotatable bonds is 5. The van der Waals surface area contributed by atoms with E-state index in [1.54, 1.807) is 0 Å². The third-order valence-electron chi connectivity index (χ3n) is 1.96. The van der Waals surface area contributed by atoms with Crippen molar-refractivity contribution in [1.29, 1.82) is 0 Å². The SMILES string of the molecule is CCOCOc1ccc(Br)cc1[C@H](C)N.